The van der Waals surface area contributed by atoms with E-state index in [1.54, 1.807) is 58.6 Å². The highest BCUT2D eigenvalue weighted by atomic mass is 35.5. The van der Waals surface area contributed by atoms with E-state index in [4.69, 9.17) is 21.1 Å². The summed E-state index contributed by atoms with van der Waals surface area (Å²) in [6, 6.07) is 11.4. The molecule has 10 heteroatoms. The minimum atomic E-state index is -0.842. The van der Waals surface area contributed by atoms with Gasteiger partial charge in [-0.2, -0.15) is 0 Å². The number of alkyl carbamates (subject to hydrolysis) is 1. The van der Waals surface area contributed by atoms with Gasteiger partial charge < -0.3 is 19.7 Å². The molecule has 2 atom stereocenters. The third-order valence-electron chi connectivity index (χ3n) is 7.17. The Balaban J connectivity index is 1.43. The van der Waals surface area contributed by atoms with Crippen LogP contribution in [0, 0.1) is 0 Å². The fourth-order valence-corrected chi connectivity index (χ4v) is 5.39. The number of carbonyl (C=O) groups is 4. The summed E-state index contributed by atoms with van der Waals surface area (Å²) >= 11 is 6.25. The van der Waals surface area contributed by atoms with Crippen LogP contribution in [0.3, 0.4) is 0 Å². The Bertz CT molecular complexity index is 1360. The van der Waals surface area contributed by atoms with Crippen molar-refractivity contribution in [3.63, 3.8) is 0 Å². The molecule has 2 aromatic carbocycles. The number of ether oxygens (including phenoxy) is 2. The number of nitrogens with zero attached hydrogens (tertiary/aromatic N) is 2. The Morgan fingerprint density at radius 2 is 1.62 bits per heavy atom. The second-order valence-corrected chi connectivity index (χ2v) is 13.2. The molecule has 0 saturated carbocycles. The van der Waals surface area contributed by atoms with Crippen LogP contribution >= 0.6 is 11.6 Å². The van der Waals surface area contributed by atoms with Crippen LogP contribution < -0.4 is 5.32 Å². The summed E-state index contributed by atoms with van der Waals surface area (Å²) in [4.78, 5) is 55.5. The predicted molar refractivity (Wildman–Crippen MR) is 159 cm³/mol. The second-order valence-electron chi connectivity index (χ2n) is 12.8. The summed E-state index contributed by atoms with van der Waals surface area (Å²) < 4.78 is 10.9. The quantitative estimate of drug-likeness (QED) is 0.422. The van der Waals surface area contributed by atoms with Gasteiger partial charge >= 0.3 is 12.2 Å². The van der Waals surface area contributed by atoms with Crippen LogP contribution in [0.1, 0.15) is 82.7 Å². The smallest absolute Gasteiger partial charge is 0.411 e. The topological polar surface area (TPSA) is 105 Å². The maximum Gasteiger partial charge on any atom is 0.411 e. The zero-order valence-electron chi connectivity index (χ0n) is 25.2. The van der Waals surface area contributed by atoms with Crippen molar-refractivity contribution in [2.24, 2.45) is 0 Å². The van der Waals surface area contributed by atoms with Crippen LogP contribution in [0.25, 0.3) is 0 Å². The van der Waals surface area contributed by atoms with Crippen molar-refractivity contribution in [3.8, 4) is 0 Å². The van der Waals surface area contributed by atoms with Crippen LogP contribution in [0.15, 0.2) is 42.5 Å². The largest absolute Gasteiger partial charge is 0.444 e. The summed E-state index contributed by atoms with van der Waals surface area (Å²) in [6.45, 7) is 11.7. The van der Waals surface area contributed by atoms with Crippen LogP contribution in [0.2, 0.25) is 5.02 Å². The molecule has 1 N–H and O–H groups in total. The Morgan fingerprint density at radius 3 is 2.26 bits per heavy atom. The van der Waals surface area contributed by atoms with E-state index in [2.05, 4.69) is 5.32 Å². The number of amides is 3. The maximum atomic E-state index is 13.9. The van der Waals surface area contributed by atoms with E-state index in [0.29, 0.717) is 24.4 Å². The lowest BCUT2D eigenvalue weighted by atomic mass is 9.91. The molecule has 2 aliphatic rings. The number of Topliss-reactive ketones (excluding diaryl/α,β-unsaturated/α-hetero) is 1. The van der Waals surface area contributed by atoms with Crippen molar-refractivity contribution in [3.05, 3.63) is 69.7 Å². The molecule has 0 aromatic heterocycles. The molecule has 9 nitrogen and oxygen atoms in total. The summed E-state index contributed by atoms with van der Waals surface area (Å²) in [5, 5.41) is 3.28. The lowest BCUT2D eigenvalue weighted by molar-refractivity contribution is -0.150. The zero-order chi connectivity index (χ0) is 30.8. The third-order valence-corrected chi connectivity index (χ3v) is 7.40. The number of fused-ring (bicyclic) bond motifs is 1. The molecule has 42 heavy (non-hydrogen) atoms. The van der Waals surface area contributed by atoms with Crippen LogP contribution in [-0.4, -0.2) is 57.5 Å². The van der Waals surface area contributed by atoms with Gasteiger partial charge in [0.2, 0.25) is 0 Å². The van der Waals surface area contributed by atoms with E-state index in [1.165, 1.54) is 4.90 Å². The maximum absolute atomic E-state index is 13.9. The number of hydrogen-bond donors (Lipinski definition) is 1. The van der Waals surface area contributed by atoms with Crippen molar-refractivity contribution in [1.82, 2.24) is 15.1 Å². The average molecular weight is 598 g/mol. The highest BCUT2D eigenvalue weighted by Crippen LogP contribution is 2.38. The van der Waals surface area contributed by atoms with Gasteiger partial charge in [-0.1, -0.05) is 41.9 Å². The van der Waals surface area contributed by atoms with E-state index >= 15 is 0 Å². The van der Waals surface area contributed by atoms with Gasteiger partial charge in [0.1, 0.15) is 17.2 Å². The Labute approximate surface area is 252 Å². The molecule has 4 rings (SSSR count). The van der Waals surface area contributed by atoms with E-state index in [0.717, 1.165) is 22.3 Å². The number of benzene rings is 2. The summed E-state index contributed by atoms with van der Waals surface area (Å²) in [5.74, 6) is -0.337. The van der Waals surface area contributed by atoms with Gasteiger partial charge in [0.05, 0.1) is 12.6 Å². The van der Waals surface area contributed by atoms with Crippen LogP contribution in [-0.2, 0) is 38.6 Å². The first-order chi connectivity index (χ1) is 19.6. The van der Waals surface area contributed by atoms with Gasteiger partial charge in [0.15, 0.2) is 5.78 Å². The summed E-state index contributed by atoms with van der Waals surface area (Å²) in [7, 11) is 0. The number of aryl methyl sites for hydroxylation is 1. The molecule has 1 saturated heterocycles. The SMILES string of the molecule is CC(C)(C)OC(=O)NCc1ccc(Cl)cc1CCC(=O)[C@@H]1CCN1C(=O)C1c2ccccc2CN1C(=O)OC(C)(C)C. The minimum Gasteiger partial charge on any atom is -0.444 e. The fraction of sp³-hybridized carbons (Fsp3) is 0.500. The van der Waals surface area contributed by atoms with E-state index in [1.807, 2.05) is 30.3 Å². The van der Waals surface area contributed by atoms with Gasteiger partial charge in [-0.05, 0) is 88.8 Å². The Morgan fingerprint density at radius 1 is 0.929 bits per heavy atom. The Hall–Kier alpha value is -3.59. The van der Waals surface area contributed by atoms with Crippen molar-refractivity contribution in [2.45, 2.75) is 97.2 Å². The molecule has 0 spiro atoms. The predicted octanol–water partition coefficient (Wildman–Crippen LogP) is 5.96. The van der Waals surface area contributed by atoms with E-state index in [-0.39, 0.29) is 31.2 Å². The first-order valence-corrected chi connectivity index (χ1v) is 14.7. The molecule has 3 amide bonds. The van der Waals surface area contributed by atoms with Crippen molar-refractivity contribution in [1.29, 1.82) is 0 Å². The molecule has 226 valence electrons. The molecule has 0 bridgehead atoms. The zero-order valence-corrected chi connectivity index (χ0v) is 25.9. The highest BCUT2D eigenvalue weighted by Gasteiger charge is 2.46. The van der Waals surface area contributed by atoms with Crippen LogP contribution in [0.4, 0.5) is 9.59 Å². The lowest BCUT2D eigenvalue weighted by Crippen LogP contribution is -2.58. The van der Waals surface area contributed by atoms with Gasteiger partial charge in [-0.3, -0.25) is 14.5 Å². The number of halogens is 1. The average Bonchev–Trinajstić information content (AvgIpc) is 3.24. The van der Waals surface area contributed by atoms with Gasteiger partial charge in [-0.25, -0.2) is 9.59 Å². The number of ketones is 1. The summed E-state index contributed by atoms with van der Waals surface area (Å²) in [6.07, 6.45) is 0.0737. The number of hydrogen-bond acceptors (Lipinski definition) is 6. The molecule has 2 aliphatic heterocycles. The van der Waals surface area contributed by atoms with Crippen molar-refractivity contribution in [2.75, 3.05) is 6.54 Å². The first-order valence-electron chi connectivity index (χ1n) is 14.3. The molecular formula is C32H40ClN3O6. The second kappa shape index (κ2) is 12.3. The number of carbonyl (C=O) groups excluding carboxylic acids is 4. The standard InChI is InChI=1S/C32H40ClN3O6/c1-31(2,3)41-29(39)34-18-21-11-13-23(33)17-20(21)12-14-26(37)25-15-16-35(25)28(38)27-24-10-8-7-9-22(24)19-36(27)30(40)42-32(4,5)6/h7-11,13,17,25,27H,12,14-16,18-19H2,1-6H3,(H,34,39)/t25-,27?/m0/s1. The van der Waals surface area contributed by atoms with Crippen molar-refractivity contribution < 1.29 is 28.7 Å². The van der Waals surface area contributed by atoms with E-state index < -0.39 is 35.5 Å². The first kappa shape index (κ1) is 31.3. The molecule has 2 heterocycles. The van der Waals surface area contributed by atoms with E-state index in [9.17, 15) is 19.2 Å². The lowest BCUT2D eigenvalue weighted by Gasteiger charge is -2.42. The van der Waals surface area contributed by atoms with Gasteiger partial charge in [0.25, 0.3) is 5.91 Å². The highest BCUT2D eigenvalue weighted by molar-refractivity contribution is 6.30. The number of nitrogens with one attached hydrogen (secondary N) is 1. The Kier molecular flexibility index (Phi) is 9.21. The monoisotopic (exact) mass is 597 g/mol. The van der Waals surface area contributed by atoms with Gasteiger partial charge in [0, 0.05) is 24.5 Å². The minimum absolute atomic E-state index is 0.0595. The molecule has 1 fully saturated rings. The third kappa shape index (κ3) is 7.62. The summed E-state index contributed by atoms with van der Waals surface area (Å²) in [5.41, 5.74) is 1.98. The number of likely N-dealkylation sites (tertiary alicyclic amines) is 1. The molecular weight excluding hydrogens is 558 g/mol. The molecule has 0 radical (unpaired) electrons. The molecule has 2 aromatic rings. The normalized spacial score (nSPS) is 18.2. The molecule has 1 unspecified atom stereocenters. The number of rotatable bonds is 7. The van der Waals surface area contributed by atoms with Crippen LogP contribution in [0.5, 0.6) is 0 Å². The van der Waals surface area contributed by atoms with Gasteiger partial charge in [-0.15, -0.1) is 0 Å². The van der Waals surface area contributed by atoms with Crippen molar-refractivity contribution >= 4 is 35.5 Å². The molecule has 0 aliphatic carbocycles. The fourth-order valence-electron chi connectivity index (χ4n) is 5.19.